The molecule has 9 heteroatoms. The first-order valence-corrected chi connectivity index (χ1v) is 10.8. The van der Waals surface area contributed by atoms with Gasteiger partial charge in [0, 0.05) is 30.8 Å². The van der Waals surface area contributed by atoms with E-state index < -0.39 is 11.8 Å². The molecule has 0 saturated carbocycles. The van der Waals surface area contributed by atoms with E-state index in [-0.39, 0.29) is 6.23 Å². The fourth-order valence-corrected chi connectivity index (χ4v) is 4.10. The Labute approximate surface area is 189 Å². The third-order valence-corrected chi connectivity index (χ3v) is 5.82. The highest BCUT2D eigenvalue weighted by Crippen LogP contribution is 2.33. The minimum absolute atomic E-state index is 0.248. The van der Waals surface area contributed by atoms with Crippen LogP contribution in [0.15, 0.2) is 48.8 Å². The summed E-state index contributed by atoms with van der Waals surface area (Å²) in [5.74, 6) is -0.344. The summed E-state index contributed by atoms with van der Waals surface area (Å²) in [7, 11) is 3.16. The molecule has 1 fully saturated rings. The molecule has 2 aromatic carbocycles. The predicted octanol–water partition coefficient (Wildman–Crippen LogP) is 4.81. The van der Waals surface area contributed by atoms with Gasteiger partial charge in [0.2, 0.25) is 0 Å². The van der Waals surface area contributed by atoms with Gasteiger partial charge in [-0.2, -0.15) is 10.2 Å². The number of nitrogens with zero attached hydrogens (tertiary/aromatic N) is 4. The molecule has 0 aliphatic carbocycles. The van der Waals surface area contributed by atoms with Crippen LogP contribution in [0.1, 0.15) is 35.8 Å². The molecule has 1 N–H and O–H groups in total. The molecular weight excluding hydrogens is 425 g/mol. The van der Waals surface area contributed by atoms with Crippen LogP contribution in [0, 0.1) is 5.82 Å². The molecule has 8 nitrogen and oxygen atoms in total. The predicted molar refractivity (Wildman–Crippen MR) is 122 cm³/mol. The molecule has 1 unspecified atom stereocenters. The SMILES string of the molecule is COC(=O)c1ccc2c(Nc3ccc(-c4cnn(C)c4)cc3F)nn(C3CCCCO3)c2c1. The molecule has 0 radical (unpaired) electrons. The molecule has 1 aliphatic rings. The molecular formula is C24H24FN5O3. The highest BCUT2D eigenvalue weighted by atomic mass is 19.1. The first kappa shape index (κ1) is 21.1. The van der Waals surface area contributed by atoms with Crippen molar-refractivity contribution in [2.45, 2.75) is 25.5 Å². The number of ether oxygens (including phenoxy) is 2. The van der Waals surface area contributed by atoms with E-state index in [1.807, 2.05) is 19.3 Å². The second-order valence-corrected chi connectivity index (χ2v) is 8.06. The summed E-state index contributed by atoms with van der Waals surface area (Å²) in [6.07, 6.45) is 6.12. The fourth-order valence-electron chi connectivity index (χ4n) is 4.10. The molecule has 170 valence electrons. The minimum atomic E-state index is -0.430. The van der Waals surface area contributed by atoms with Crippen molar-refractivity contribution in [1.82, 2.24) is 19.6 Å². The van der Waals surface area contributed by atoms with Crippen LogP contribution < -0.4 is 5.32 Å². The van der Waals surface area contributed by atoms with Gasteiger partial charge in [-0.25, -0.2) is 13.9 Å². The van der Waals surface area contributed by atoms with Crippen molar-refractivity contribution in [1.29, 1.82) is 0 Å². The average Bonchev–Trinajstić information content (AvgIpc) is 3.44. The standard InChI is InChI=1S/C24H24FN5O3/c1-29-14-17(13-26-29)15-7-9-20(19(25)11-15)27-23-18-8-6-16(24(31)32-2)12-21(18)30(28-23)22-5-3-4-10-33-22/h6-9,11-14,22H,3-5,10H2,1-2H3,(H,27,28). The van der Waals surface area contributed by atoms with Gasteiger partial charge in [-0.15, -0.1) is 0 Å². The van der Waals surface area contributed by atoms with E-state index in [1.165, 1.54) is 13.2 Å². The van der Waals surface area contributed by atoms with Gasteiger partial charge in [0.25, 0.3) is 0 Å². The van der Waals surface area contributed by atoms with Crippen LogP contribution in [0.3, 0.4) is 0 Å². The molecule has 0 bridgehead atoms. The number of fused-ring (bicyclic) bond motifs is 1. The second kappa shape index (κ2) is 8.67. The number of rotatable bonds is 5. The zero-order valence-electron chi connectivity index (χ0n) is 18.4. The van der Waals surface area contributed by atoms with Gasteiger partial charge >= 0.3 is 5.97 Å². The van der Waals surface area contributed by atoms with Crippen molar-refractivity contribution in [3.05, 3.63) is 60.2 Å². The minimum Gasteiger partial charge on any atom is -0.465 e. The van der Waals surface area contributed by atoms with Crippen LogP contribution in [0.25, 0.3) is 22.0 Å². The van der Waals surface area contributed by atoms with Gasteiger partial charge in [0.1, 0.15) is 5.82 Å². The van der Waals surface area contributed by atoms with Crippen LogP contribution in [0.2, 0.25) is 0 Å². The van der Waals surface area contributed by atoms with Gasteiger partial charge in [0.05, 0.1) is 30.1 Å². The maximum atomic E-state index is 15.0. The number of nitrogens with one attached hydrogen (secondary N) is 1. The number of aromatic nitrogens is 4. The van der Waals surface area contributed by atoms with Crippen LogP contribution in [-0.2, 0) is 16.5 Å². The average molecular weight is 449 g/mol. The summed E-state index contributed by atoms with van der Waals surface area (Å²) in [5.41, 5.74) is 3.01. The summed E-state index contributed by atoms with van der Waals surface area (Å²) in [6, 6.07) is 10.2. The van der Waals surface area contributed by atoms with E-state index >= 15 is 0 Å². The lowest BCUT2D eigenvalue weighted by atomic mass is 10.1. The first-order valence-electron chi connectivity index (χ1n) is 10.8. The molecule has 0 spiro atoms. The number of anilines is 2. The summed E-state index contributed by atoms with van der Waals surface area (Å²) >= 11 is 0. The topological polar surface area (TPSA) is 83.2 Å². The van der Waals surface area contributed by atoms with Crippen LogP contribution in [0.5, 0.6) is 0 Å². The van der Waals surface area contributed by atoms with Crippen LogP contribution >= 0.6 is 0 Å². The molecule has 33 heavy (non-hydrogen) atoms. The van der Waals surface area contributed by atoms with E-state index in [4.69, 9.17) is 14.6 Å². The maximum absolute atomic E-state index is 15.0. The van der Waals surface area contributed by atoms with Gasteiger partial charge in [0.15, 0.2) is 12.0 Å². The largest absolute Gasteiger partial charge is 0.465 e. The Balaban J connectivity index is 1.53. The number of benzene rings is 2. The highest BCUT2D eigenvalue weighted by molar-refractivity contribution is 5.98. The van der Waals surface area contributed by atoms with Crippen molar-refractivity contribution in [2.24, 2.45) is 7.05 Å². The quantitative estimate of drug-likeness (QED) is 0.441. The Bertz CT molecular complexity index is 1320. The number of methoxy groups -OCH3 is 1. The Morgan fingerprint density at radius 2 is 2.09 bits per heavy atom. The van der Waals surface area contributed by atoms with Crippen molar-refractivity contribution in [2.75, 3.05) is 19.0 Å². The molecule has 1 saturated heterocycles. The third kappa shape index (κ3) is 4.07. The summed E-state index contributed by atoms with van der Waals surface area (Å²) < 4.78 is 29.2. The smallest absolute Gasteiger partial charge is 0.337 e. The Morgan fingerprint density at radius 1 is 1.21 bits per heavy atom. The Morgan fingerprint density at radius 3 is 2.79 bits per heavy atom. The van der Waals surface area contributed by atoms with Crippen molar-refractivity contribution in [3.8, 4) is 11.1 Å². The normalized spacial score (nSPS) is 16.2. The number of hydrogen-bond acceptors (Lipinski definition) is 6. The van der Waals surface area contributed by atoms with E-state index in [0.29, 0.717) is 23.7 Å². The zero-order chi connectivity index (χ0) is 22.9. The Hall–Kier alpha value is -3.72. The van der Waals surface area contributed by atoms with E-state index in [0.717, 1.165) is 41.3 Å². The number of aryl methyl sites for hydroxylation is 1. The monoisotopic (exact) mass is 449 g/mol. The molecule has 5 rings (SSSR count). The zero-order valence-corrected chi connectivity index (χ0v) is 18.4. The molecule has 4 aromatic rings. The van der Waals surface area contributed by atoms with E-state index in [2.05, 4.69) is 10.4 Å². The molecule has 2 aromatic heterocycles. The molecule has 1 aliphatic heterocycles. The van der Waals surface area contributed by atoms with Crippen LogP contribution in [0.4, 0.5) is 15.9 Å². The number of hydrogen-bond donors (Lipinski definition) is 1. The summed E-state index contributed by atoms with van der Waals surface area (Å²) in [5, 5.41) is 12.7. The summed E-state index contributed by atoms with van der Waals surface area (Å²) in [4.78, 5) is 12.1. The number of carbonyl (C=O) groups is 1. The van der Waals surface area contributed by atoms with Crippen molar-refractivity contribution >= 4 is 28.4 Å². The third-order valence-electron chi connectivity index (χ3n) is 5.82. The lowest BCUT2D eigenvalue weighted by Crippen LogP contribution is -2.19. The van der Waals surface area contributed by atoms with Gasteiger partial charge < -0.3 is 14.8 Å². The lowest BCUT2D eigenvalue weighted by Gasteiger charge is -2.23. The highest BCUT2D eigenvalue weighted by Gasteiger charge is 2.23. The van der Waals surface area contributed by atoms with Gasteiger partial charge in [-0.1, -0.05) is 6.07 Å². The molecule has 0 amide bonds. The van der Waals surface area contributed by atoms with E-state index in [9.17, 15) is 9.18 Å². The molecule has 3 heterocycles. The Kier molecular flexibility index (Phi) is 5.55. The van der Waals surface area contributed by atoms with Crippen molar-refractivity contribution < 1.29 is 18.7 Å². The first-order chi connectivity index (χ1) is 16.0. The number of carbonyl (C=O) groups excluding carboxylic acids is 1. The maximum Gasteiger partial charge on any atom is 0.337 e. The summed E-state index contributed by atoms with van der Waals surface area (Å²) in [6.45, 7) is 0.649. The van der Waals surface area contributed by atoms with Crippen molar-refractivity contribution in [3.63, 3.8) is 0 Å². The number of halogens is 1. The van der Waals surface area contributed by atoms with E-state index in [1.54, 1.807) is 39.8 Å². The fraction of sp³-hybridized carbons (Fsp3) is 0.292. The van der Waals surface area contributed by atoms with Crippen LogP contribution in [-0.4, -0.2) is 39.2 Å². The molecule has 1 atom stereocenters. The van der Waals surface area contributed by atoms with Gasteiger partial charge in [-0.3, -0.25) is 4.68 Å². The second-order valence-electron chi connectivity index (χ2n) is 8.06. The number of esters is 1. The van der Waals surface area contributed by atoms with Gasteiger partial charge in [-0.05, 0) is 55.2 Å². The lowest BCUT2D eigenvalue weighted by molar-refractivity contribution is -0.0365.